The van der Waals surface area contributed by atoms with Gasteiger partial charge in [-0.25, -0.2) is 8.42 Å². The summed E-state index contributed by atoms with van der Waals surface area (Å²) in [6.45, 7) is 6.16. The number of carboxylic acids is 1. The van der Waals surface area contributed by atoms with Crippen LogP contribution in [0.3, 0.4) is 0 Å². The number of carbonyl (C=O) groups is 2. The molecule has 3 rings (SSSR count). The summed E-state index contributed by atoms with van der Waals surface area (Å²) in [5, 5.41) is 12.9. The van der Waals surface area contributed by atoms with Crippen LogP contribution in [0.2, 0.25) is 0 Å². The highest BCUT2D eigenvalue weighted by Gasteiger charge is 2.43. The summed E-state index contributed by atoms with van der Waals surface area (Å²) in [6, 6.07) is 15.3. The average Bonchev–Trinajstić information content (AvgIpc) is 3.62. The van der Waals surface area contributed by atoms with Gasteiger partial charge in [-0.2, -0.15) is 4.31 Å². The van der Waals surface area contributed by atoms with Crippen LogP contribution in [0.25, 0.3) is 0 Å². The molecule has 1 saturated carbocycles. The van der Waals surface area contributed by atoms with E-state index in [9.17, 15) is 23.1 Å². The normalized spacial score (nSPS) is 18.4. The molecular formula is C27H36N2O5S. The zero-order valence-corrected chi connectivity index (χ0v) is 21.5. The molecule has 3 atom stereocenters. The summed E-state index contributed by atoms with van der Waals surface area (Å²) in [6.07, 6.45) is 2.09. The van der Waals surface area contributed by atoms with Gasteiger partial charge >= 0.3 is 5.97 Å². The molecule has 1 fully saturated rings. The van der Waals surface area contributed by atoms with Gasteiger partial charge in [0.05, 0.1) is 4.90 Å². The van der Waals surface area contributed by atoms with Crippen LogP contribution < -0.4 is 5.32 Å². The second-order valence-corrected chi connectivity index (χ2v) is 11.7. The van der Waals surface area contributed by atoms with Gasteiger partial charge in [0.15, 0.2) is 0 Å². The lowest BCUT2D eigenvalue weighted by molar-refractivity contribution is -0.142. The van der Waals surface area contributed by atoms with E-state index in [1.165, 1.54) is 17.7 Å². The molecule has 1 amide bonds. The maximum atomic E-state index is 13.3. The van der Waals surface area contributed by atoms with Crippen molar-refractivity contribution >= 4 is 21.9 Å². The van der Waals surface area contributed by atoms with E-state index in [-0.39, 0.29) is 41.5 Å². The van der Waals surface area contributed by atoms with Crippen molar-refractivity contribution in [2.24, 2.45) is 11.8 Å². The number of carboxylic acid groups (broad SMARTS) is 1. The third-order valence-corrected chi connectivity index (χ3v) is 8.25. The molecule has 1 aliphatic carbocycles. The number of unbranched alkanes of at least 4 members (excludes halogenated alkanes) is 1. The molecule has 0 saturated heterocycles. The number of amides is 1. The Morgan fingerprint density at radius 2 is 1.71 bits per heavy atom. The molecule has 0 spiro atoms. The predicted octanol–water partition coefficient (Wildman–Crippen LogP) is 4.19. The first kappa shape index (κ1) is 26.9. The van der Waals surface area contributed by atoms with Gasteiger partial charge in [-0.05, 0) is 62.1 Å². The number of rotatable bonds is 13. The van der Waals surface area contributed by atoms with Gasteiger partial charge in [0.1, 0.15) is 6.04 Å². The number of aryl methyl sites for hydroxylation is 1. The quantitative estimate of drug-likeness (QED) is 0.402. The topological polar surface area (TPSA) is 104 Å². The molecule has 8 heteroatoms. The second-order valence-electron chi connectivity index (χ2n) is 9.78. The molecule has 2 aromatic carbocycles. The van der Waals surface area contributed by atoms with Crippen molar-refractivity contribution in [1.82, 2.24) is 9.62 Å². The van der Waals surface area contributed by atoms with E-state index >= 15 is 0 Å². The smallest absolute Gasteiger partial charge is 0.322 e. The van der Waals surface area contributed by atoms with E-state index in [2.05, 4.69) is 5.32 Å². The van der Waals surface area contributed by atoms with E-state index in [0.717, 1.165) is 16.3 Å². The molecule has 2 aromatic rings. The highest BCUT2D eigenvalue weighted by atomic mass is 32.2. The van der Waals surface area contributed by atoms with Crippen LogP contribution in [0.4, 0.5) is 0 Å². The maximum absolute atomic E-state index is 13.3. The summed E-state index contributed by atoms with van der Waals surface area (Å²) < 4.78 is 27.8. The number of hydrogen-bond acceptors (Lipinski definition) is 4. The first-order valence-corrected chi connectivity index (χ1v) is 13.7. The molecule has 1 aliphatic rings. The van der Waals surface area contributed by atoms with Crippen molar-refractivity contribution in [3.05, 3.63) is 65.7 Å². The van der Waals surface area contributed by atoms with Crippen molar-refractivity contribution in [3.8, 4) is 0 Å². The minimum absolute atomic E-state index is 0.00893. The Bertz CT molecular complexity index is 1100. The van der Waals surface area contributed by atoms with Crippen LogP contribution in [0, 0.1) is 18.8 Å². The Hall–Kier alpha value is -2.71. The number of sulfonamides is 1. The summed E-state index contributed by atoms with van der Waals surface area (Å²) in [7, 11) is -3.97. The number of nitrogens with zero attached hydrogens (tertiary/aromatic N) is 1. The van der Waals surface area contributed by atoms with Gasteiger partial charge in [0.25, 0.3) is 0 Å². The lowest BCUT2D eigenvalue weighted by Gasteiger charge is -2.29. The van der Waals surface area contributed by atoms with Crippen molar-refractivity contribution < 1.29 is 23.1 Å². The van der Waals surface area contributed by atoms with E-state index in [4.69, 9.17) is 0 Å². The van der Waals surface area contributed by atoms with Gasteiger partial charge < -0.3 is 10.4 Å². The first-order chi connectivity index (χ1) is 16.6. The fourth-order valence-corrected chi connectivity index (χ4v) is 6.12. The van der Waals surface area contributed by atoms with Crippen molar-refractivity contribution in [1.29, 1.82) is 0 Å². The number of benzene rings is 2. The molecule has 0 heterocycles. The molecule has 3 unspecified atom stereocenters. The van der Waals surface area contributed by atoms with Gasteiger partial charge in [-0.15, -0.1) is 0 Å². The van der Waals surface area contributed by atoms with Crippen LogP contribution in [0.1, 0.15) is 56.6 Å². The highest BCUT2D eigenvalue weighted by Crippen LogP contribution is 2.47. The highest BCUT2D eigenvalue weighted by molar-refractivity contribution is 7.89. The third-order valence-electron chi connectivity index (χ3n) is 6.36. The van der Waals surface area contributed by atoms with Crippen LogP contribution >= 0.6 is 0 Å². The third kappa shape index (κ3) is 7.15. The number of hydrogen-bond donors (Lipinski definition) is 2. The Morgan fingerprint density at radius 1 is 1.06 bits per heavy atom. The van der Waals surface area contributed by atoms with Gasteiger partial charge in [-0.3, -0.25) is 9.59 Å². The Labute approximate surface area is 208 Å². The molecule has 35 heavy (non-hydrogen) atoms. The number of carbonyl (C=O) groups excluding carboxylic acids is 1. The van der Waals surface area contributed by atoms with Crippen LogP contribution in [0.5, 0.6) is 0 Å². The Balaban J connectivity index is 1.55. The van der Waals surface area contributed by atoms with Crippen molar-refractivity contribution in [2.75, 3.05) is 13.1 Å². The molecule has 0 bridgehead atoms. The zero-order valence-electron chi connectivity index (χ0n) is 20.7. The lowest BCUT2D eigenvalue weighted by Crippen LogP contribution is -2.46. The Kier molecular flexibility index (Phi) is 9.08. The average molecular weight is 501 g/mol. The van der Waals surface area contributed by atoms with Crippen LogP contribution in [-0.2, 0) is 19.6 Å². The number of aliphatic carboxylic acids is 1. The van der Waals surface area contributed by atoms with Gasteiger partial charge in [0.2, 0.25) is 15.9 Å². The van der Waals surface area contributed by atoms with Gasteiger partial charge in [0, 0.05) is 19.0 Å². The van der Waals surface area contributed by atoms with Gasteiger partial charge in [-0.1, -0.05) is 61.9 Å². The van der Waals surface area contributed by atoms with Crippen LogP contribution in [-0.4, -0.2) is 48.8 Å². The molecule has 190 valence electrons. The first-order valence-electron chi connectivity index (χ1n) is 12.2. The molecule has 0 aliphatic heterocycles. The number of nitrogens with one attached hydrogen (secondary N) is 1. The van der Waals surface area contributed by atoms with Crippen molar-refractivity contribution in [2.45, 2.75) is 63.3 Å². The monoisotopic (exact) mass is 500 g/mol. The molecule has 0 radical (unpaired) electrons. The zero-order chi connectivity index (χ0) is 25.6. The fourth-order valence-electron chi connectivity index (χ4n) is 4.35. The molecule has 0 aromatic heterocycles. The fraction of sp³-hybridized carbons (Fsp3) is 0.481. The molecule has 7 nitrogen and oxygen atoms in total. The SMILES string of the molecule is Cc1ccc(S(=O)(=O)N(CC(C)C)C(CCCCNC(=O)C2CC2c2ccccc2)C(=O)O)cc1. The van der Waals surface area contributed by atoms with Crippen LogP contribution in [0.15, 0.2) is 59.5 Å². The molecule has 2 N–H and O–H groups in total. The largest absolute Gasteiger partial charge is 0.480 e. The van der Waals surface area contributed by atoms with Crippen molar-refractivity contribution in [3.63, 3.8) is 0 Å². The predicted molar refractivity (Wildman–Crippen MR) is 135 cm³/mol. The second kappa shape index (κ2) is 11.8. The minimum atomic E-state index is -3.97. The standard InChI is InChI=1S/C27H36N2O5S/c1-19(2)18-29(35(33,34)22-14-12-20(3)13-15-22)25(27(31)32)11-7-8-16-28-26(30)24-17-23(24)21-9-5-4-6-10-21/h4-6,9-10,12-15,19,23-25H,7-8,11,16-18H2,1-3H3,(H,28,30)(H,31,32). The summed E-state index contributed by atoms with van der Waals surface area (Å²) in [4.78, 5) is 24.7. The summed E-state index contributed by atoms with van der Waals surface area (Å²) >= 11 is 0. The minimum Gasteiger partial charge on any atom is -0.480 e. The van der Waals surface area contributed by atoms with E-state index in [1.807, 2.05) is 51.1 Å². The van der Waals surface area contributed by atoms with E-state index in [0.29, 0.717) is 19.4 Å². The maximum Gasteiger partial charge on any atom is 0.322 e. The summed E-state index contributed by atoms with van der Waals surface area (Å²) in [5.41, 5.74) is 2.11. The van der Waals surface area contributed by atoms with E-state index < -0.39 is 22.0 Å². The lowest BCUT2D eigenvalue weighted by atomic mass is 10.1. The summed E-state index contributed by atoms with van der Waals surface area (Å²) in [5.74, 6) is -0.909. The van der Waals surface area contributed by atoms with E-state index in [1.54, 1.807) is 12.1 Å². The molecular weight excluding hydrogens is 464 g/mol. The Morgan fingerprint density at radius 3 is 2.31 bits per heavy atom.